The first kappa shape index (κ1) is 10.3. The molecule has 0 saturated carbocycles. The van der Waals surface area contributed by atoms with Crippen LogP contribution in [-0.2, 0) is 0 Å². The molecule has 2 heterocycles. The van der Waals surface area contributed by atoms with Crippen LogP contribution >= 0.6 is 15.9 Å². The minimum atomic E-state index is -0.0684. The van der Waals surface area contributed by atoms with Gasteiger partial charge in [0.05, 0.1) is 12.1 Å². The average molecular weight is 268 g/mol. The Morgan fingerprint density at radius 3 is 3.00 bits per heavy atom. The van der Waals surface area contributed by atoms with Gasteiger partial charge in [-0.25, -0.2) is 4.98 Å². The molecule has 0 unspecified atom stereocenters. The van der Waals surface area contributed by atoms with Crippen LogP contribution in [0.15, 0.2) is 22.9 Å². The normalized spacial score (nSPS) is 10.9. The Labute approximate surface area is 95.2 Å². The highest BCUT2D eigenvalue weighted by atomic mass is 79.9. The van der Waals surface area contributed by atoms with Gasteiger partial charge in [-0.05, 0) is 35.0 Å². The molecule has 2 rings (SSSR count). The number of ketones is 1. The summed E-state index contributed by atoms with van der Waals surface area (Å²) in [6.45, 7) is 1.91. The van der Waals surface area contributed by atoms with Gasteiger partial charge in [0.25, 0.3) is 0 Å². The van der Waals surface area contributed by atoms with Crippen molar-refractivity contribution in [2.45, 2.75) is 6.92 Å². The molecule has 0 radical (unpaired) electrons. The molecular formula is C10H10BrN3O. The number of carbonyl (C=O) groups excluding carboxylic acids is 1. The van der Waals surface area contributed by atoms with Gasteiger partial charge in [-0.3, -0.25) is 4.79 Å². The molecule has 0 amide bonds. The van der Waals surface area contributed by atoms with Crippen LogP contribution in [0.5, 0.6) is 0 Å². The van der Waals surface area contributed by atoms with E-state index in [1.54, 1.807) is 12.3 Å². The summed E-state index contributed by atoms with van der Waals surface area (Å²) in [5.74, 6) is 0.768. The second kappa shape index (κ2) is 3.75. The number of hydrogen-bond acceptors (Lipinski definition) is 3. The molecule has 2 N–H and O–H groups in total. The van der Waals surface area contributed by atoms with Crippen molar-refractivity contribution in [3.63, 3.8) is 0 Å². The molecular weight excluding hydrogens is 258 g/mol. The molecule has 15 heavy (non-hydrogen) atoms. The van der Waals surface area contributed by atoms with Gasteiger partial charge in [0.1, 0.15) is 10.4 Å². The third-order valence-corrected chi connectivity index (χ3v) is 2.86. The molecule has 5 heteroatoms. The standard InChI is InChI=1S/C10H10BrN3O/c1-6-13-10(11)8-3-2-7(5-14(6)8)9(15)4-12/h2-3,5H,4,12H2,1H3. The number of aromatic nitrogens is 2. The number of carbonyl (C=O) groups is 1. The van der Waals surface area contributed by atoms with Crippen molar-refractivity contribution in [1.82, 2.24) is 9.38 Å². The lowest BCUT2D eigenvalue weighted by Crippen LogP contribution is -2.14. The van der Waals surface area contributed by atoms with Gasteiger partial charge in [0, 0.05) is 11.8 Å². The molecule has 0 aromatic carbocycles. The maximum absolute atomic E-state index is 11.4. The Hall–Kier alpha value is -1.20. The van der Waals surface area contributed by atoms with Crippen LogP contribution in [0.25, 0.3) is 5.52 Å². The molecule has 4 nitrogen and oxygen atoms in total. The summed E-state index contributed by atoms with van der Waals surface area (Å²) in [5.41, 5.74) is 6.86. The van der Waals surface area contributed by atoms with E-state index in [-0.39, 0.29) is 12.3 Å². The van der Waals surface area contributed by atoms with Crippen LogP contribution in [0.2, 0.25) is 0 Å². The smallest absolute Gasteiger partial charge is 0.177 e. The number of rotatable bonds is 2. The molecule has 2 aromatic heterocycles. The van der Waals surface area contributed by atoms with Crippen molar-refractivity contribution in [1.29, 1.82) is 0 Å². The van der Waals surface area contributed by atoms with E-state index in [9.17, 15) is 4.79 Å². The number of aryl methyl sites for hydroxylation is 1. The molecule has 0 saturated heterocycles. The molecule has 0 aliphatic rings. The minimum absolute atomic E-state index is 0.0282. The number of hydrogen-bond donors (Lipinski definition) is 1. The van der Waals surface area contributed by atoms with E-state index in [0.29, 0.717) is 5.56 Å². The predicted molar refractivity (Wildman–Crippen MR) is 61.0 cm³/mol. The van der Waals surface area contributed by atoms with E-state index in [4.69, 9.17) is 5.73 Å². The zero-order chi connectivity index (χ0) is 11.0. The highest BCUT2D eigenvalue weighted by molar-refractivity contribution is 9.10. The first-order chi connectivity index (χ1) is 7.13. The Balaban J connectivity index is 2.65. The fourth-order valence-electron chi connectivity index (χ4n) is 1.47. The number of nitrogens with two attached hydrogens (primary N) is 1. The molecule has 0 bridgehead atoms. The third kappa shape index (κ3) is 1.68. The van der Waals surface area contributed by atoms with Crippen LogP contribution in [0.4, 0.5) is 0 Å². The summed E-state index contributed by atoms with van der Waals surface area (Å²) in [7, 11) is 0. The molecule has 0 aliphatic carbocycles. The minimum Gasteiger partial charge on any atom is -0.324 e. The molecule has 0 aliphatic heterocycles. The van der Waals surface area contributed by atoms with Gasteiger partial charge in [-0.15, -0.1) is 0 Å². The number of imidazole rings is 1. The van der Waals surface area contributed by atoms with Crippen molar-refractivity contribution >= 4 is 27.2 Å². The second-order valence-electron chi connectivity index (χ2n) is 3.25. The maximum atomic E-state index is 11.4. The first-order valence-electron chi connectivity index (χ1n) is 4.51. The second-order valence-corrected chi connectivity index (χ2v) is 4.00. The van der Waals surface area contributed by atoms with Gasteiger partial charge in [-0.2, -0.15) is 0 Å². The van der Waals surface area contributed by atoms with Crippen LogP contribution in [0.3, 0.4) is 0 Å². The van der Waals surface area contributed by atoms with Crippen molar-refractivity contribution in [3.05, 3.63) is 34.3 Å². The monoisotopic (exact) mass is 267 g/mol. The predicted octanol–water partition coefficient (Wildman–Crippen LogP) is 1.55. The molecule has 0 spiro atoms. The third-order valence-electron chi connectivity index (χ3n) is 2.28. The summed E-state index contributed by atoms with van der Waals surface area (Å²) < 4.78 is 2.65. The lowest BCUT2D eigenvalue weighted by molar-refractivity contribution is 0.100. The Bertz CT molecular complexity index is 533. The van der Waals surface area contributed by atoms with Crippen LogP contribution in [0, 0.1) is 6.92 Å². The number of halogens is 1. The lowest BCUT2D eigenvalue weighted by Gasteiger charge is -2.00. The maximum Gasteiger partial charge on any atom is 0.177 e. The topological polar surface area (TPSA) is 60.4 Å². The van der Waals surface area contributed by atoms with E-state index in [1.807, 2.05) is 17.4 Å². The molecule has 0 atom stereocenters. The summed E-state index contributed by atoms with van der Waals surface area (Å²) >= 11 is 3.35. The van der Waals surface area contributed by atoms with Crippen molar-refractivity contribution in [3.8, 4) is 0 Å². The Morgan fingerprint density at radius 1 is 1.60 bits per heavy atom. The summed E-state index contributed by atoms with van der Waals surface area (Å²) in [6, 6.07) is 3.61. The molecule has 78 valence electrons. The van der Waals surface area contributed by atoms with Crippen molar-refractivity contribution < 1.29 is 4.79 Å². The van der Waals surface area contributed by atoms with Gasteiger partial charge >= 0.3 is 0 Å². The molecule has 2 aromatic rings. The van der Waals surface area contributed by atoms with Crippen LogP contribution in [0.1, 0.15) is 16.2 Å². The van der Waals surface area contributed by atoms with E-state index < -0.39 is 0 Å². The van der Waals surface area contributed by atoms with Crippen molar-refractivity contribution in [2.24, 2.45) is 5.73 Å². The number of fused-ring (bicyclic) bond motifs is 1. The van der Waals surface area contributed by atoms with Crippen LogP contribution in [-0.4, -0.2) is 21.7 Å². The highest BCUT2D eigenvalue weighted by Gasteiger charge is 2.08. The van der Waals surface area contributed by atoms with Gasteiger partial charge < -0.3 is 10.1 Å². The average Bonchev–Trinajstić information content (AvgIpc) is 2.53. The largest absolute Gasteiger partial charge is 0.324 e. The fourth-order valence-corrected chi connectivity index (χ4v) is 2.05. The number of pyridine rings is 1. The first-order valence-corrected chi connectivity index (χ1v) is 5.30. The van der Waals surface area contributed by atoms with Crippen LogP contribution < -0.4 is 5.73 Å². The van der Waals surface area contributed by atoms with E-state index in [2.05, 4.69) is 20.9 Å². The van der Waals surface area contributed by atoms with Gasteiger partial charge in [-0.1, -0.05) is 0 Å². The lowest BCUT2D eigenvalue weighted by atomic mass is 10.2. The summed E-state index contributed by atoms with van der Waals surface area (Å²) in [6.07, 6.45) is 1.76. The highest BCUT2D eigenvalue weighted by Crippen LogP contribution is 2.19. The van der Waals surface area contributed by atoms with Crippen molar-refractivity contribution in [2.75, 3.05) is 6.54 Å². The zero-order valence-corrected chi connectivity index (χ0v) is 9.78. The Morgan fingerprint density at radius 2 is 2.33 bits per heavy atom. The summed E-state index contributed by atoms with van der Waals surface area (Å²) in [4.78, 5) is 15.7. The fraction of sp³-hybridized carbons (Fsp3) is 0.200. The quantitative estimate of drug-likeness (QED) is 0.840. The number of nitrogens with zero attached hydrogens (tertiary/aromatic N) is 2. The van der Waals surface area contributed by atoms with E-state index in [1.165, 1.54) is 0 Å². The van der Waals surface area contributed by atoms with E-state index >= 15 is 0 Å². The van der Waals surface area contributed by atoms with E-state index in [0.717, 1.165) is 15.9 Å². The zero-order valence-electron chi connectivity index (χ0n) is 8.20. The number of Topliss-reactive ketones (excluding diaryl/α,β-unsaturated/α-hetero) is 1. The molecule has 0 fully saturated rings. The van der Waals surface area contributed by atoms with Gasteiger partial charge in [0.15, 0.2) is 5.78 Å². The SMILES string of the molecule is Cc1nc(Br)c2ccc(C(=O)CN)cn12. The summed E-state index contributed by atoms with van der Waals surface area (Å²) in [5, 5.41) is 0. The Kier molecular flexibility index (Phi) is 2.58. The van der Waals surface area contributed by atoms with Gasteiger partial charge in [0.2, 0.25) is 0 Å².